The number of unbranched alkanes of at least 4 members (excludes halogenated alkanes) is 12. The standard InChI is InChI=1S/C60H94O6/c1-4-7-10-13-16-18-20-22-23-24-25-26-27-28-29-30-31-32-33-34-35-36-37-39-40-42-44-47-50-53-59(62)65-56-57(55-64-58(61)52-49-46-15-12-9-6-3)66-60(63)54-51-48-45-43-41-38-21-19-17-14-11-8-5-2/h7,10-11,14,16,18-19,21-23,25-26,28-29,31-32,34-35,37,39,42,44,57H,4-6,8-9,12-13,15,17,20,24,27,30,33,36,38,40-41,43,45-56H2,1-3H3/b10-7-,14-11-,18-16-,21-19-,23-22-,26-25-,29-28-,32-31-,35-34-,39-37-,44-42-. The van der Waals surface area contributed by atoms with Gasteiger partial charge in [-0.05, 0) is 109 Å². The molecule has 0 aromatic rings. The minimum Gasteiger partial charge on any atom is -0.462 e. The fraction of sp³-hybridized carbons (Fsp3) is 0.583. The Kier molecular flexibility index (Phi) is 49.6. The number of carbonyl (C=O) groups excluding carboxylic acids is 3. The SMILES string of the molecule is CC/C=C\C/C=C\C/C=C\C/C=C\C/C=C\C/C=C\C/C=C\C/C=C\C/C=C\CCCC(=O)OCC(COC(=O)CCCCCCCC)OC(=O)CCCCCCC/C=C\C/C=C\CCC. The second-order valence-electron chi connectivity index (χ2n) is 16.7. The van der Waals surface area contributed by atoms with Crippen LogP contribution in [-0.4, -0.2) is 37.2 Å². The zero-order chi connectivity index (χ0) is 47.9. The Balaban J connectivity index is 4.30. The molecule has 0 aromatic carbocycles. The fourth-order valence-electron chi connectivity index (χ4n) is 6.48. The molecule has 1 unspecified atom stereocenters. The van der Waals surface area contributed by atoms with E-state index in [1.54, 1.807) is 0 Å². The molecular weight excluding hydrogens is 817 g/mol. The van der Waals surface area contributed by atoms with E-state index < -0.39 is 6.10 Å². The summed E-state index contributed by atoms with van der Waals surface area (Å²) in [6.07, 6.45) is 74.7. The zero-order valence-electron chi connectivity index (χ0n) is 42.1. The van der Waals surface area contributed by atoms with Crippen molar-refractivity contribution in [1.82, 2.24) is 0 Å². The number of hydrogen-bond donors (Lipinski definition) is 0. The maximum absolute atomic E-state index is 12.7. The van der Waals surface area contributed by atoms with E-state index in [9.17, 15) is 14.4 Å². The molecule has 0 fully saturated rings. The van der Waals surface area contributed by atoms with Gasteiger partial charge in [-0.15, -0.1) is 0 Å². The molecular formula is C60H94O6. The van der Waals surface area contributed by atoms with Crippen LogP contribution in [0.1, 0.15) is 207 Å². The first-order valence-electron chi connectivity index (χ1n) is 26.2. The minimum absolute atomic E-state index is 0.106. The summed E-state index contributed by atoms with van der Waals surface area (Å²) in [5, 5.41) is 0. The van der Waals surface area contributed by atoms with Gasteiger partial charge in [0.1, 0.15) is 13.2 Å². The van der Waals surface area contributed by atoms with Crippen molar-refractivity contribution >= 4 is 17.9 Å². The van der Waals surface area contributed by atoms with Crippen molar-refractivity contribution in [2.24, 2.45) is 0 Å². The van der Waals surface area contributed by atoms with Crippen molar-refractivity contribution in [3.63, 3.8) is 0 Å². The number of esters is 3. The van der Waals surface area contributed by atoms with Gasteiger partial charge in [0.2, 0.25) is 0 Å². The Morgan fingerprint density at radius 1 is 0.318 bits per heavy atom. The summed E-state index contributed by atoms with van der Waals surface area (Å²) in [4.78, 5) is 37.7. The van der Waals surface area contributed by atoms with Gasteiger partial charge in [-0.2, -0.15) is 0 Å². The monoisotopic (exact) mass is 911 g/mol. The van der Waals surface area contributed by atoms with Crippen molar-refractivity contribution in [3.05, 3.63) is 134 Å². The smallest absolute Gasteiger partial charge is 0.306 e. The van der Waals surface area contributed by atoms with Crippen LogP contribution in [0.5, 0.6) is 0 Å². The lowest BCUT2D eigenvalue weighted by atomic mass is 10.1. The van der Waals surface area contributed by atoms with E-state index in [4.69, 9.17) is 14.2 Å². The summed E-state index contributed by atoms with van der Waals surface area (Å²) >= 11 is 0. The van der Waals surface area contributed by atoms with Crippen molar-refractivity contribution in [3.8, 4) is 0 Å². The Bertz CT molecular complexity index is 1460. The number of hydrogen-bond acceptors (Lipinski definition) is 6. The first kappa shape index (κ1) is 61.5. The Hall–Kier alpha value is -4.45. The summed E-state index contributed by atoms with van der Waals surface area (Å²) in [5.74, 6) is -1.00. The van der Waals surface area contributed by atoms with Gasteiger partial charge < -0.3 is 14.2 Å². The molecule has 0 amide bonds. The third-order valence-corrected chi connectivity index (χ3v) is 10.4. The molecule has 0 rings (SSSR count). The third kappa shape index (κ3) is 50.5. The Labute approximate surface area is 405 Å². The molecule has 0 aromatic heterocycles. The number of allylic oxidation sites excluding steroid dienone is 22. The van der Waals surface area contributed by atoms with E-state index in [1.165, 1.54) is 25.7 Å². The predicted molar refractivity (Wildman–Crippen MR) is 283 cm³/mol. The molecule has 6 nitrogen and oxygen atoms in total. The summed E-state index contributed by atoms with van der Waals surface area (Å²) in [6.45, 7) is 6.31. The van der Waals surface area contributed by atoms with Gasteiger partial charge in [0.05, 0.1) is 0 Å². The van der Waals surface area contributed by atoms with Crippen LogP contribution in [0.4, 0.5) is 0 Å². The van der Waals surface area contributed by atoms with Crippen LogP contribution in [-0.2, 0) is 28.6 Å². The topological polar surface area (TPSA) is 78.9 Å². The first-order chi connectivity index (χ1) is 32.5. The van der Waals surface area contributed by atoms with Crippen LogP contribution in [0.25, 0.3) is 0 Å². The highest BCUT2D eigenvalue weighted by molar-refractivity contribution is 5.71. The first-order valence-corrected chi connectivity index (χ1v) is 26.2. The quantitative estimate of drug-likeness (QED) is 0.0262. The Morgan fingerprint density at radius 2 is 0.636 bits per heavy atom. The van der Waals surface area contributed by atoms with Gasteiger partial charge in [-0.3, -0.25) is 14.4 Å². The van der Waals surface area contributed by atoms with Crippen LogP contribution in [0.15, 0.2) is 134 Å². The average molecular weight is 911 g/mol. The fourth-order valence-corrected chi connectivity index (χ4v) is 6.48. The van der Waals surface area contributed by atoms with Crippen LogP contribution >= 0.6 is 0 Å². The maximum atomic E-state index is 12.7. The highest BCUT2D eigenvalue weighted by Gasteiger charge is 2.19. The summed E-state index contributed by atoms with van der Waals surface area (Å²) in [6, 6.07) is 0. The molecule has 1 atom stereocenters. The molecule has 0 saturated heterocycles. The lowest BCUT2D eigenvalue weighted by Gasteiger charge is -2.18. The molecule has 370 valence electrons. The normalized spacial score (nSPS) is 13.2. The third-order valence-electron chi connectivity index (χ3n) is 10.4. The van der Waals surface area contributed by atoms with Gasteiger partial charge >= 0.3 is 17.9 Å². The lowest BCUT2D eigenvalue weighted by molar-refractivity contribution is -0.167. The highest BCUT2D eigenvalue weighted by Crippen LogP contribution is 2.12. The van der Waals surface area contributed by atoms with Gasteiger partial charge in [0.25, 0.3) is 0 Å². The second kappa shape index (κ2) is 53.2. The average Bonchev–Trinajstić information content (AvgIpc) is 3.31. The second-order valence-corrected chi connectivity index (χ2v) is 16.7. The molecule has 0 radical (unpaired) electrons. The van der Waals surface area contributed by atoms with Crippen LogP contribution in [0.3, 0.4) is 0 Å². The van der Waals surface area contributed by atoms with E-state index in [2.05, 4.69) is 154 Å². The van der Waals surface area contributed by atoms with Crippen molar-refractivity contribution in [1.29, 1.82) is 0 Å². The number of carbonyl (C=O) groups is 3. The highest BCUT2D eigenvalue weighted by atomic mass is 16.6. The van der Waals surface area contributed by atoms with Crippen LogP contribution in [0, 0.1) is 0 Å². The zero-order valence-corrected chi connectivity index (χ0v) is 42.1. The Morgan fingerprint density at radius 3 is 1.05 bits per heavy atom. The number of ether oxygens (including phenoxy) is 3. The summed E-state index contributed by atoms with van der Waals surface area (Å²) in [5.41, 5.74) is 0. The van der Waals surface area contributed by atoms with Crippen LogP contribution < -0.4 is 0 Å². The molecule has 0 spiro atoms. The van der Waals surface area contributed by atoms with Gasteiger partial charge in [0, 0.05) is 19.3 Å². The molecule has 0 aliphatic heterocycles. The van der Waals surface area contributed by atoms with Crippen LogP contribution in [0.2, 0.25) is 0 Å². The van der Waals surface area contributed by atoms with E-state index in [1.807, 2.05) is 0 Å². The minimum atomic E-state index is -0.809. The molecule has 0 aliphatic rings. The van der Waals surface area contributed by atoms with Gasteiger partial charge in [0.15, 0.2) is 6.10 Å². The summed E-state index contributed by atoms with van der Waals surface area (Å²) < 4.78 is 16.6. The van der Waals surface area contributed by atoms with E-state index >= 15 is 0 Å². The maximum Gasteiger partial charge on any atom is 0.306 e. The van der Waals surface area contributed by atoms with E-state index in [0.29, 0.717) is 19.3 Å². The van der Waals surface area contributed by atoms with Crippen molar-refractivity contribution in [2.45, 2.75) is 213 Å². The largest absolute Gasteiger partial charge is 0.462 e. The van der Waals surface area contributed by atoms with E-state index in [0.717, 1.165) is 135 Å². The van der Waals surface area contributed by atoms with Gasteiger partial charge in [-0.25, -0.2) is 0 Å². The molecule has 0 saturated carbocycles. The van der Waals surface area contributed by atoms with Crippen molar-refractivity contribution in [2.75, 3.05) is 13.2 Å². The van der Waals surface area contributed by atoms with Gasteiger partial charge in [-0.1, -0.05) is 212 Å². The lowest BCUT2D eigenvalue weighted by Crippen LogP contribution is -2.30. The molecule has 6 heteroatoms. The molecule has 0 aliphatic carbocycles. The number of rotatable bonds is 45. The molecule has 0 N–H and O–H groups in total. The predicted octanol–water partition coefficient (Wildman–Crippen LogP) is 17.5. The molecule has 0 heterocycles. The van der Waals surface area contributed by atoms with E-state index in [-0.39, 0.29) is 37.5 Å². The van der Waals surface area contributed by atoms with Crippen molar-refractivity contribution < 1.29 is 28.6 Å². The molecule has 66 heavy (non-hydrogen) atoms. The summed E-state index contributed by atoms with van der Waals surface area (Å²) in [7, 11) is 0. The molecule has 0 bridgehead atoms.